The predicted molar refractivity (Wildman–Crippen MR) is 58.1 cm³/mol. The molecule has 84 valence electrons. The van der Waals surface area contributed by atoms with Crippen LogP contribution in [0.15, 0.2) is 24.3 Å². The van der Waals surface area contributed by atoms with Crippen molar-refractivity contribution in [3.05, 3.63) is 35.4 Å². The van der Waals surface area contributed by atoms with Gasteiger partial charge in [0, 0.05) is 17.0 Å². The van der Waals surface area contributed by atoms with E-state index in [1.165, 1.54) is 0 Å². The van der Waals surface area contributed by atoms with Crippen LogP contribution in [-0.2, 0) is 9.47 Å². The minimum Gasteiger partial charge on any atom is -0.346 e. The van der Waals surface area contributed by atoms with Gasteiger partial charge in [-0.25, -0.2) is 0 Å². The molecule has 2 aliphatic rings. The summed E-state index contributed by atoms with van der Waals surface area (Å²) in [4.78, 5) is 11.9. The first-order valence-corrected chi connectivity index (χ1v) is 5.72. The maximum Gasteiger partial charge on any atom is 0.184 e. The van der Waals surface area contributed by atoms with E-state index in [4.69, 9.17) is 9.47 Å². The molecule has 1 saturated heterocycles. The first-order chi connectivity index (χ1) is 7.84. The summed E-state index contributed by atoms with van der Waals surface area (Å²) in [5.74, 6) is 0.528. The summed E-state index contributed by atoms with van der Waals surface area (Å²) in [6, 6.07) is 7.62. The van der Waals surface area contributed by atoms with E-state index in [0.717, 1.165) is 24.0 Å². The van der Waals surface area contributed by atoms with Gasteiger partial charge in [0.15, 0.2) is 12.1 Å². The smallest absolute Gasteiger partial charge is 0.184 e. The fourth-order valence-electron chi connectivity index (χ4n) is 1.97. The molecular formula is C13H14O3. The Morgan fingerprint density at radius 3 is 2.62 bits per heavy atom. The number of rotatable bonds is 3. The summed E-state index contributed by atoms with van der Waals surface area (Å²) in [5, 5.41) is 0. The van der Waals surface area contributed by atoms with Gasteiger partial charge in [-0.1, -0.05) is 18.2 Å². The van der Waals surface area contributed by atoms with Crippen LogP contribution in [0.3, 0.4) is 0 Å². The summed E-state index contributed by atoms with van der Waals surface area (Å²) in [6.07, 6.45) is 1.80. The quantitative estimate of drug-likeness (QED) is 0.730. The normalized spacial score (nSPS) is 21.2. The average molecular weight is 218 g/mol. The standard InChI is InChI=1S/C13H14O3/c14-12(9-4-5-9)10-2-1-3-11(8-10)13-15-6-7-16-13/h1-3,8-9,13H,4-7H2. The molecule has 1 aromatic rings. The highest BCUT2D eigenvalue weighted by molar-refractivity contribution is 5.99. The molecule has 1 aromatic carbocycles. The van der Waals surface area contributed by atoms with Crippen LogP contribution in [0.1, 0.15) is 35.1 Å². The molecule has 1 aliphatic carbocycles. The lowest BCUT2D eigenvalue weighted by Crippen LogP contribution is -2.04. The van der Waals surface area contributed by atoms with Crippen LogP contribution in [-0.4, -0.2) is 19.0 Å². The van der Waals surface area contributed by atoms with Crippen molar-refractivity contribution in [3.63, 3.8) is 0 Å². The second kappa shape index (κ2) is 4.00. The SMILES string of the molecule is O=C(c1cccc(C2OCCO2)c1)C1CC1. The molecule has 1 aliphatic heterocycles. The number of carbonyl (C=O) groups excluding carboxylic acids is 1. The minimum absolute atomic E-state index is 0.264. The molecule has 0 atom stereocenters. The van der Waals surface area contributed by atoms with Gasteiger partial charge in [0.1, 0.15) is 0 Å². The Morgan fingerprint density at radius 2 is 1.94 bits per heavy atom. The van der Waals surface area contributed by atoms with Crippen molar-refractivity contribution in [3.8, 4) is 0 Å². The van der Waals surface area contributed by atoms with E-state index < -0.39 is 0 Å². The second-order valence-corrected chi connectivity index (χ2v) is 4.34. The van der Waals surface area contributed by atoms with E-state index in [1.54, 1.807) is 0 Å². The van der Waals surface area contributed by atoms with Gasteiger partial charge in [-0.2, -0.15) is 0 Å². The van der Waals surface area contributed by atoms with E-state index in [-0.39, 0.29) is 18.0 Å². The Balaban J connectivity index is 1.83. The number of carbonyl (C=O) groups is 1. The molecule has 0 N–H and O–H groups in total. The predicted octanol–water partition coefficient (Wildman–Crippen LogP) is 2.32. The minimum atomic E-state index is -0.285. The maximum atomic E-state index is 11.9. The fourth-order valence-corrected chi connectivity index (χ4v) is 1.97. The van der Waals surface area contributed by atoms with Crippen molar-refractivity contribution < 1.29 is 14.3 Å². The fraction of sp³-hybridized carbons (Fsp3) is 0.462. The van der Waals surface area contributed by atoms with Crippen molar-refractivity contribution >= 4 is 5.78 Å². The van der Waals surface area contributed by atoms with Crippen LogP contribution in [0.5, 0.6) is 0 Å². The molecule has 3 rings (SSSR count). The topological polar surface area (TPSA) is 35.5 Å². The Kier molecular flexibility index (Phi) is 2.50. The lowest BCUT2D eigenvalue weighted by atomic mass is 10.0. The van der Waals surface area contributed by atoms with Gasteiger partial charge in [0.2, 0.25) is 0 Å². The van der Waals surface area contributed by atoms with Crippen LogP contribution in [0.4, 0.5) is 0 Å². The van der Waals surface area contributed by atoms with Crippen LogP contribution in [0.2, 0.25) is 0 Å². The number of benzene rings is 1. The third-order valence-corrected chi connectivity index (χ3v) is 3.01. The van der Waals surface area contributed by atoms with Crippen molar-refractivity contribution in [1.82, 2.24) is 0 Å². The van der Waals surface area contributed by atoms with Gasteiger partial charge < -0.3 is 9.47 Å². The molecule has 0 radical (unpaired) electrons. The zero-order valence-electron chi connectivity index (χ0n) is 9.02. The molecule has 1 heterocycles. The van der Waals surface area contributed by atoms with Crippen molar-refractivity contribution in [1.29, 1.82) is 0 Å². The monoisotopic (exact) mass is 218 g/mol. The van der Waals surface area contributed by atoms with Gasteiger partial charge >= 0.3 is 0 Å². The number of hydrogen-bond donors (Lipinski definition) is 0. The zero-order chi connectivity index (χ0) is 11.0. The molecule has 0 aromatic heterocycles. The number of ether oxygens (including phenoxy) is 2. The third kappa shape index (κ3) is 1.88. The zero-order valence-corrected chi connectivity index (χ0v) is 9.02. The van der Waals surface area contributed by atoms with E-state index in [0.29, 0.717) is 13.2 Å². The third-order valence-electron chi connectivity index (χ3n) is 3.01. The molecule has 3 heteroatoms. The van der Waals surface area contributed by atoms with Gasteiger partial charge in [0.25, 0.3) is 0 Å². The van der Waals surface area contributed by atoms with Gasteiger partial charge in [0.05, 0.1) is 13.2 Å². The summed E-state index contributed by atoms with van der Waals surface area (Å²) in [5.41, 5.74) is 1.74. The van der Waals surface area contributed by atoms with E-state index in [1.807, 2.05) is 24.3 Å². The van der Waals surface area contributed by atoms with Crippen molar-refractivity contribution in [2.24, 2.45) is 5.92 Å². The summed E-state index contributed by atoms with van der Waals surface area (Å²) >= 11 is 0. The Hall–Kier alpha value is -1.19. The van der Waals surface area contributed by atoms with Gasteiger partial charge in [-0.05, 0) is 18.9 Å². The summed E-state index contributed by atoms with van der Waals surface area (Å²) < 4.78 is 10.8. The van der Waals surface area contributed by atoms with E-state index >= 15 is 0 Å². The number of ketones is 1. The first-order valence-electron chi connectivity index (χ1n) is 5.72. The Bertz CT molecular complexity index is 403. The molecule has 16 heavy (non-hydrogen) atoms. The Morgan fingerprint density at radius 1 is 1.19 bits per heavy atom. The lowest BCUT2D eigenvalue weighted by Gasteiger charge is -2.10. The van der Waals surface area contributed by atoms with E-state index in [2.05, 4.69) is 0 Å². The molecule has 1 saturated carbocycles. The first kappa shape index (κ1) is 10.00. The summed E-state index contributed by atoms with van der Waals surface area (Å²) in [7, 11) is 0. The lowest BCUT2D eigenvalue weighted by molar-refractivity contribution is -0.0441. The number of Topliss-reactive ketones (excluding diaryl/α,β-unsaturated/α-hetero) is 1. The second-order valence-electron chi connectivity index (χ2n) is 4.34. The molecule has 0 spiro atoms. The highest BCUT2D eigenvalue weighted by Crippen LogP contribution is 2.33. The van der Waals surface area contributed by atoms with Crippen molar-refractivity contribution in [2.45, 2.75) is 19.1 Å². The molecule has 0 bridgehead atoms. The highest BCUT2D eigenvalue weighted by atomic mass is 16.7. The largest absolute Gasteiger partial charge is 0.346 e. The Labute approximate surface area is 94.4 Å². The average Bonchev–Trinajstić information content (AvgIpc) is 3.03. The highest BCUT2D eigenvalue weighted by Gasteiger charge is 2.30. The van der Waals surface area contributed by atoms with Gasteiger partial charge in [-0.3, -0.25) is 4.79 Å². The molecule has 0 unspecified atom stereocenters. The maximum absolute atomic E-state index is 11.9. The summed E-state index contributed by atoms with van der Waals surface area (Å²) in [6.45, 7) is 1.26. The van der Waals surface area contributed by atoms with E-state index in [9.17, 15) is 4.79 Å². The number of hydrogen-bond acceptors (Lipinski definition) is 3. The van der Waals surface area contributed by atoms with Crippen LogP contribution in [0, 0.1) is 5.92 Å². The molecule has 0 amide bonds. The van der Waals surface area contributed by atoms with Crippen molar-refractivity contribution in [2.75, 3.05) is 13.2 Å². The van der Waals surface area contributed by atoms with Crippen LogP contribution >= 0.6 is 0 Å². The van der Waals surface area contributed by atoms with Crippen LogP contribution < -0.4 is 0 Å². The molecule has 2 fully saturated rings. The molecular weight excluding hydrogens is 204 g/mol. The van der Waals surface area contributed by atoms with Crippen LogP contribution in [0.25, 0.3) is 0 Å². The van der Waals surface area contributed by atoms with Gasteiger partial charge in [-0.15, -0.1) is 0 Å². The molecule has 3 nitrogen and oxygen atoms in total.